The molecule has 0 aliphatic carbocycles. The predicted octanol–water partition coefficient (Wildman–Crippen LogP) is 2.62. The molecule has 0 atom stereocenters. The second-order valence-corrected chi connectivity index (χ2v) is 6.40. The van der Waals surface area contributed by atoms with E-state index in [0.29, 0.717) is 6.04 Å². The first-order valence-corrected chi connectivity index (χ1v) is 7.90. The van der Waals surface area contributed by atoms with Crippen molar-refractivity contribution in [3.8, 4) is 0 Å². The van der Waals surface area contributed by atoms with Gasteiger partial charge in [0.25, 0.3) is 0 Å². The SMILES string of the molecule is CC(C)C(=O)N1CCC(NCc2ccc(I)o2)CC1. The molecule has 2 heterocycles. The molecule has 1 saturated heterocycles. The lowest BCUT2D eigenvalue weighted by atomic mass is 10.0. The van der Waals surface area contributed by atoms with Crippen LogP contribution in [-0.2, 0) is 11.3 Å². The molecule has 0 aromatic carbocycles. The maximum Gasteiger partial charge on any atom is 0.225 e. The van der Waals surface area contributed by atoms with E-state index < -0.39 is 0 Å². The highest BCUT2D eigenvalue weighted by atomic mass is 127. The monoisotopic (exact) mass is 376 g/mol. The summed E-state index contributed by atoms with van der Waals surface area (Å²) in [6.07, 6.45) is 2.05. The lowest BCUT2D eigenvalue weighted by Gasteiger charge is -2.33. The van der Waals surface area contributed by atoms with Gasteiger partial charge in [-0.2, -0.15) is 0 Å². The number of amides is 1. The zero-order chi connectivity index (χ0) is 13.8. The van der Waals surface area contributed by atoms with Gasteiger partial charge < -0.3 is 14.6 Å². The van der Waals surface area contributed by atoms with Gasteiger partial charge in [-0.25, -0.2) is 0 Å². The lowest BCUT2D eigenvalue weighted by molar-refractivity contribution is -0.135. The average molecular weight is 376 g/mol. The fourth-order valence-electron chi connectivity index (χ4n) is 2.36. The van der Waals surface area contributed by atoms with Crippen LogP contribution in [0.4, 0.5) is 0 Å². The fraction of sp³-hybridized carbons (Fsp3) is 0.643. The molecular weight excluding hydrogens is 355 g/mol. The largest absolute Gasteiger partial charge is 0.454 e. The molecule has 0 bridgehead atoms. The van der Waals surface area contributed by atoms with E-state index in [9.17, 15) is 4.79 Å². The summed E-state index contributed by atoms with van der Waals surface area (Å²) in [7, 11) is 0. The van der Waals surface area contributed by atoms with Crippen LogP contribution < -0.4 is 5.32 Å². The summed E-state index contributed by atoms with van der Waals surface area (Å²) in [5.74, 6) is 1.36. The number of carbonyl (C=O) groups excluding carboxylic acids is 1. The summed E-state index contributed by atoms with van der Waals surface area (Å²) in [6, 6.07) is 4.46. The van der Waals surface area contributed by atoms with E-state index in [1.807, 2.05) is 30.9 Å². The zero-order valence-electron chi connectivity index (χ0n) is 11.5. The number of piperidine rings is 1. The molecule has 5 heteroatoms. The molecule has 4 nitrogen and oxygen atoms in total. The molecule has 0 saturated carbocycles. The molecule has 19 heavy (non-hydrogen) atoms. The van der Waals surface area contributed by atoms with Crippen LogP contribution in [-0.4, -0.2) is 29.9 Å². The molecule has 1 aromatic heterocycles. The van der Waals surface area contributed by atoms with Gasteiger partial charge in [-0.15, -0.1) is 0 Å². The minimum Gasteiger partial charge on any atom is -0.454 e. The van der Waals surface area contributed by atoms with Crippen molar-refractivity contribution < 1.29 is 9.21 Å². The molecule has 0 unspecified atom stereocenters. The summed E-state index contributed by atoms with van der Waals surface area (Å²) >= 11 is 2.17. The highest BCUT2D eigenvalue weighted by molar-refractivity contribution is 14.1. The van der Waals surface area contributed by atoms with Crippen molar-refractivity contribution >= 4 is 28.5 Å². The highest BCUT2D eigenvalue weighted by Gasteiger charge is 2.23. The second kappa shape index (κ2) is 6.74. The molecule has 2 rings (SSSR count). The Morgan fingerprint density at radius 3 is 2.68 bits per heavy atom. The number of hydrogen-bond acceptors (Lipinski definition) is 3. The number of furan rings is 1. The third-order valence-electron chi connectivity index (χ3n) is 3.49. The van der Waals surface area contributed by atoms with Crippen molar-refractivity contribution in [1.82, 2.24) is 10.2 Å². The summed E-state index contributed by atoms with van der Waals surface area (Å²) in [5, 5.41) is 3.50. The molecule has 0 radical (unpaired) electrons. The van der Waals surface area contributed by atoms with Crippen molar-refractivity contribution in [3.05, 3.63) is 21.7 Å². The number of nitrogens with zero attached hydrogens (tertiary/aromatic N) is 1. The van der Waals surface area contributed by atoms with Crippen LogP contribution in [0.1, 0.15) is 32.4 Å². The third-order valence-corrected chi connectivity index (χ3v) is 4.07. The molecule has 1 aromatic rings. The Labute approximate surface area is 128 Å². The first-order chi connectivity index (χ1) is 9.06. The minimum atomic E-state index is 0.106. The van der Waals surface area contributed by atoms with Gasteiger partial charge in [0, 0.05) is 25.0 Å². The van der Waals surface area contributed by atoms with Crippen molar-refractivity contribution in [3.63, 3.8) is 0 Å². The fourth-order valence-corrected chi connectivity index (χ4v) is 2.82. The molecule has 1 fully saturated rings. The smallest absolute Gasteiger partial charge is 0.225 e. The van der Waals surface area contributed by atoms with Gasteiger partial charge in [0.05, 0.1) is 6.54 Å². The summed E-state index contributed by atoms with van der Waals surface area (Å²) in [5.41, 5.74) is 0. The van der Waals surface area contributed by atoms with Gasteiger partial charge >= 0.3 is 0 Å². The molecule has 106 valence electrons. The highest BCUT2D eigenvalue weighted by Crippen LogP contribution is 2.15. The van der Waals surface area contributed by atoms with Gasteiger partial charge in [-0.3, -0.25) is 4.79 Å². The Bertz CT molecular complexity index is 423. The zero-order valence-corrected chi connectivity index (χ0v) is 13.6. The van der Waals surface area contributed by atoms with Crippen LogP contribution in [0.25, 0.3) is 0 Å². The lowest BCUT2D eigenvalue weighted by Crippen LogP contribution is -2.45. The van der Waals surface area contributed by atoms with Gasteiger partial charge in [0.2, 0.25) is 5.91 Å². The van der Waals surface area contributed by atoms with Crippen LogP contribution in [0.3, 0.4) is 0 Å². The summed E-state index contributed by atoms with van der Waals surface area (Å²) < 4.78 is 6.45. The van der Waals surface area contributed by atoms with Gasteiger partial charge in [-0.1, -0.05) is 13.8 Å². The standard InChI is InChI=1S/C14H21IN2O2/c1-10(2)14(18)17-7-5-11(6-8-17)16-9-12-3-4-13(15)19-12/h3-4,10-11,16H,5-9H2,1-2H3. The Kier molecular flexibility index (Phi) is 5.27. The van der Waals surface area contributed by atoms with E-state index in [2.05, 4.69) is 27.9 Å². The maximum atomic E-state index is 11.9. The van der Waals surface area contributed by atoms with Crippen molar-refractivity contribution in [2.75, 3.05) is 13.1 Å². The minimum absolute atomic E-state index is 0.106. The Balaban J connectivity index is 1.73. The molecule has 1 amide bonds. The van der Waals surface area contributed by atoms with Crippen molar-refractivity contribution in [2.24, 2.45) is 5.92 Å². The molecule has 1 aliphatic rings. The second-order valence-electron chi connectivity index (χ2n) is 5.34. The van der Waals surface area contributed by atoms with Crippen LogP contribution in [0.5, 0.6) is 0 Å². The number of nitrogens with one attached hydrogen (secondary N) is 1. The number of hydrogen-bond donors (Lipinski definition) is 1. The molecule has 1 N–H and O–H groups in total. The number of rotatable bonds is 4. The first-order valence-electron chi connectivity index (χ1n) is 6.82. The van der Waals surface area contributed by atoms with Crippen LogP contribution in [0.2, 0.25) is 0 Å². The van der Waals surface area contributed by atoms with E-state index in [1.165, 1.54) is 0 Å². The molecular formula is C14H21IN2O2. The van der Waals surface area contributed by atoms with Gasteiger partial charge in [-0.05, 0) is 47.6 Å². The Morgan fingerprint density at radius 1 is 1.47 bits per heavy atom. The Morgan fingerprint density at radius 2 is 2.16 bits per heavy atom. The predicted molar refractivity (Wildman–Crippen MR) is 82.7 cm³/mol. The van der Waals surface area contributed by atoms with E-state index in [-0.39, 0.29) is 11.8 Å². The average Bonchev–Trinajstić information content (AvgIpc) is 2.82. The van der Waals surface area contributed by atoms with E-state index in [1.54, 1.807) is 0 Å². The van der Waals surface area contributed by atoms with Crippen LogP contribution in [0.15, 0.2) is 16.5 Å². The van der Waals surface area contributed by atoms with Gasteiger partial charge in [0.15, 0.2) is 3.77 Å². The maximum absolute atomic E-state index is 11.9. The van der Waals surface area contributed by atoms with Crippen LogP contribution in [0, 0.1) is 9.68 Å². The molecule has 1 aliphatic heterocycles. The van der Waals surface area contributed by atoms with Crippen LogP contribution >= 0.6 is 22.6 Å². The number of halogens is 1. The van der Waals surface area contributed by atoms with E-state index in [0.717, 1.165) is 42.0 Å². The number of carbonyl (C=O) groups is 1. The number of likely N-dealkylation sites (tertiary alicyclic amines) is 1. The third kappa shape index (κ3) is 4.21. The topological polar surface area (TPSA) is 45.5 Å². The van der Waals surface area contributed by atoms with Crippen molar-refractivity contribution in [2.45, 2.75) is 39.3 Å². The first kappa shape index (κ1) is 14.8. The molecule has 0 spiro atoms. The summed E-state index contributed by atoms with van der Waals surface area (Å²) in [4.78, 5) is 13.9. The normalized spacial score (nSPS) is 17.2. The van der Waals surface area contributed by atoms with Gasteiger partial charge in [0.1, 0.15) is 5.76 Å². The quantitative estimate of drug-likeness (QED) is 0.822. The van der Waals surface area contributed by atoms with E-state index in [4.69, 9.17) is 4.42 Å². The Hall–Kier alpha value is -0.560. The van der Waals surface area contributed by atoms with Crippen molar-refractivity contribution in [1.29, 1.82) is 0 Å². The summed E-state index contributed by atoms with van der Waals surface area (Å²) in [6.45, 7) is 6.43. The van der Waals surface area contributed by atoms with E-state index >= 15 is 0 Å².